The van der Waals surface area contributed by atoms with E-state index in [1.54, 1.807) is 13.8 Å². The van der Waals surface area contributed by atoms with Crippen LogP contribution < -0.4 is 0 Å². The van der Waals surface area contributed by atoms with Crippen LogP contribution in [0.1, 0.15) is 33.6 Å². The van der Waals surface area contributed by atoms with Gasteiger partial charge in [0.05, 0.1) is 17.4 Å². The maximum absolute atomic E-state index is 11.8. The monoisotopic (exact) mass is 221 g/mol. The van der Waals surface area contributed by atoms with Crippen molar-refractivity contribution in [2.75, 3.05) is 12.3 Å². The summed E-state index contributed by atoms with van der Waals surface area (Å²) >= 11 is 0. The number of nitrogens with zero attached hydrogens (tertiary/aromatic N) is 1. The first kappa shape index (κ1) is 11.9. The quantitative estimate of drug-likeness (QED) is 0.758. The van der Waals surface area contributed by atoms with Crippen LogP contribution in [0, 0.1) is 0 Å². The lowest BCUT2D eigenvalue weighted by Gasteiger charge is -2.32. The van der Waals surface area contributed by atoms with Gasteiger partial charge >= 0.3 is 0 Å². The molecule has 1 fully saturated rings. The molecule has 4 nitrogen and oxygen atoms in total. The van der Waals surface area contributed by atoms with E-state index in [1.165, 1.54) is 4.31 Å². The van der Waals surface area contributed by atoms with Crippen molar-refractivity contribution < 1.29 is 13.5 Å². The summed E-state index contributed by atoms with van der Waals surface area (Å²) in [5.41, 5.74) is -0.645. The van der Waals surface area contributed by atoms with Crippen molar-refractivity contribution in [1.82, 2.24) is 4.31 Å². The Morgan fingerprint density at radius 3 is 2.43 bits per heavy atom. The Labute approximate surface area is 86.0 Å². The van der Waals surface area contributed by atoms with Gasteiger partial charge in [0, 0.05) is 6.54 Å². The van der Waals surface area contributed by atoms with Crippen molar-refractivity contribution >= 4 is 10.0 Å². The normalized spacial score (nSPS) is 28.1. The summed E-state index contributed by atoms with van der Waals surface area (Å²) in [6.45, 7) is 5.84. The van der Waals surface area contributed by atoms with Gasteiger partial charge < -0.3 is 5.11 Å². The van der Waals surface area contributed by atoms with Gasteiger partial charge in [-0.15, -0.1) is 0 Å². The van der Waals surface area contributed by atoms with Gasteiger partial charge in [-0.05, 0) is 26.7 Å². The predicted octanol–water partition coefficient (Wildman–Crippen LogP) is 0.571. The first-order valence-electron chi connectivity index (χ1n) is 5.01. The average Bonchev–Trinajstić information content (AvgIpc) is 2.27. The van der Waals surface area contributed by atoms with E-state index in [9.17, 15) is 13.5 Å². The Hall–Kier alpha value is -0.130. The zero-order chi connectivity index (χ0) is 11.0. The van der Waals surface area contributed by atoms with Crippen LogP contribution in [0.25, 0.3) is 0 Å². The number of aliphatic hydroxyl groups is 1. The maximum atomic E-state index is 11.8. The third-order valence-corrected chi connectivity index (χ3v) is 5.11. The van der Waals surface area contributed by atoms with E-state index < -0.39 is 21.7 Å². The van der Waals surface area contributed by atoms with Gasteiger partial charge in [0.15, 0.2) is 0 Å². The Kier molecular flexibility index (Phi) is 3.23. The third-order valence-electron chi connectivity index (χ3n) is 2.86. The lowest BCUT2D eigenvalue weighted by molar-refractivity contribution is 0.0901. The summed E-state index contributed by atoms with van der Waals surface area (Å²) < 4.78 is 25.1. The van der Waals surface area contributed by atoms with E-state index in [-0.39, 0.29) is 5.75 Å². The van der Waals surface area contributed by atoms with Gasteiger partial charge in [0.25, 0.3) is 0 Å². The molecule has 1 atom stereocenters. The molecule has 1 saturated heterocycles. The minimum absolute atomic E-state index is 0.170. The molecule has 1 aliphatic rings. The van der Waals surface area contributed by atoms with E-state index in [0.29, 0.717) is 19.4 Å². The van der Waals surface area contributed by atoms with Crippen LogP contribution in [-0.2, 0) is 10.0 Å². The van der Waals surface area contributed by atoms with Crippen LogP contribution in [0.3, 0.4) is 0 Å². The Morgan fingerprint density at radius 1 is 1.50 bits per heavy atom. The average molecular weight is 221 g/mol. The molecule has 1 rings (SSSR count). The standard InChI is InChI=1S/C9H19NO3S/c1-4-7-14(12,13)10-6-5-8(11)9(10,2)3/h8,11H,4-7H2,1-3H3. The fraction of sp³-hybridized carbons (Fsp3) is 1.00. The van der Waals surface area contributed by atoms with Crippen LogP contribution in [0.15, 0.2) is 0 Å². The summed E-state index contributed by atoms with van der Waals surface area (Å²) in [6, 6.07) is 0. The molecule has 1 unspecified atom stereocenters. The highest BCUT2D eigenvalue weighted by molar-refractivity contribution is 7.89. The van der Waals surface area contributed by atoms with Crippen molar-refractivity contribution in [3.63, 3.8) is 0 Å². The van der Waals surface area contributed by atoms with E-state index in [0.717, 1.165) is 0 Å². The smallest absolute Gasteiger partial charge is 0.214 e. The number of sulfonamides is 1. The topological polar surface area (TPSA) is 57.6 Å². The second kappa shape index (κ2) is 3.79. The van der Waals surface area contributed by atoms with Crippen molar-refractivity contribution in [3.05, 3.63) is 0 Å². The zero-order valence-electron chi connectivity index (χ0n) is 9.02. The van der Waals surface area contributed by atoms with Crippen LogP contribution in [0.2, 0.25) is 0 Å². The maximum Gasteiger partial charge on any atom is 0.214 e. The van der Waals surface area contributed by atoms with Gasteiger partial charge in [-0.3, -0.25) is 0 Å². The molecule has 0 aliphatic carbocycles. The van der Waals surface area contributed by atoms with E-state index in [2.05, 4.69) is 0 Å². The molecule has 0 amide bonds. The fourth-order valence-corrected chi connectivity index (χ4v) is 3.87. The van der Waals surface area contributed by atoms with E-state index in [1.807, 2.05) is 6.92 Å². The number of aliphatic hydroxyl groups excluding tert-OH is 1. The van der Waals surface area contributed by atoms with Crippen molar-refractivity contribution in [2.24, 2.45) is 0 Å². The SMILES string of the molecule is CCCS(=O)(=O)N1CCC(O)C1(C)C. The van der Waals surface area contributed by atoms with Gasteiger partial charge in [-0.2, -0.15) is 4.31 Å². The summed E-state index contributed by atoms with van der Waals surface area (Å²) in [7, 11) is -3.18. The molecule has 1 N–H and O–H groups in total. The number of rotatable bonds is 3. The summed E-state index contributed by atoms with van der Waals surface area (Å²) in [6.07, 6.45) is 0.607. The molecule has 0 spiro atoms. The molecule has 0 aromatic carbocycles. The Balaban J connectivity index is 2.90. The molecule has 0 aromatic heterocycles. The highest BCUT2D eigenvalue weighted by Gasteiger charge is 2.45. The zero-order valence-corrected chi connectivity index (χ0v) is 9.84. The van der Waals surface area contributed by atoms with Gasteiger partial charge in [0.1, 0.15) is 0 Å². The molecule has 0 bridgehead atoms. The molecule has 0 saturated carbocycles. The molecule has 84 valence electrons. The highest BCUT2D eigenvalue weighted by atomic mass is 32.2. The summed E-state index contributed by atoms with van der Waals surface area (Å²) in [5.74, 6) is 0.170. The van der Waals surface area contributed by atoms with Crippen molar-refractivity contribution in [2.45, 2.75) is 45.3 Å². The Morgan fingerprint density at radius 2 is 2.07 bits per heavy atom. The van der Waals surface area contributed by atoms with E-state index >= 15 is 0 Å². The first-order valence-corrected chi connectivity index (χ1v) is 6.62. The lowest BCUT2D eigenvalue weighted by atomic mass is 10.0. The molecule has 0 aromatic rings. The fourth-order valence-electron chi connectivity index (χ4n) is 1.91. The molecule has 0 radical (unpaired) electrons. The first-order chi connectivity index (χ1) is 6.32. The van der Waals surface area contributed by atoms with Crippen LogP contribution in [0.5, 0.6) is 0 Å². The highest BCUT2D eigenvalue weighted by Crippen LogP contribution is 2.31. The third kappa shape index (κ3) is 1.94. The van der Waals surface area contributed by atoms with Gasteiger partial charge in [-0.25, -0.2) is 8.42 Å². The molecule has 1 aliphatic heterocycles. The largest absolute Gasteiger partial charge is 0.391 e. The summed E-state index contributed by atoms with van der Waals surface area (Å²) in [4.78, 5) is 0. The second-order valence-corrected chi connectivity index (χ2v) is 6.36. The molecule has 5 heteroatoms. The van der Waals surface area contributed by atoms with Gasteiger partial charge in [0.2, 0.25) is 10.0 Å². The van der Waals surface area contributed by atoms with Crippen molar-refractivity contribution in [3.8, 4) is 0 Å². The predicted molar refractivity (Wildman–Crippen MR) is 55.5 cm³/mol. The molecule has 14 heavy (non-hydrogen) atoms. The van der Waals surface area contributed by atoms with Crippen LogP contribution >= 0.6 is 0 Å². The second-order valence-electron chi connectivity index (χ2n) is 4.35. The number of hydrogen-bond donors (Lipinski definition) is 1. The van der Waals surface area contributed by atoms with Gasteiger partial charge in [-0.1, -0.05) is 6.92 Å². The van der Waals surface area contributed by atoms with Crippen molar-refractivity contribution in [1.29, 1.82) is 0 Å². The Bertz CT molecular complexity index is 297. The number of hydrogen-bond acceptors (Lipinski definition) is 3. The minimum Gasteiger partial charge on any atom is -0.391 e. The van der Waals surface area contributed by atoms with E-state index in [4.69, 9.17) is 0 Å². The van der Waals surface area contributed by atoms with Crippen LogP contribution in [-0.4, -0.2) is 41.8 Å². The molecule has 1 heterocycles. The molecular formula is C9H19NO3S. The lowest BCUT2D eigenvalue weighted by Crippen LogP contribution is -2.48. The minimum atomic E-state index is -3.18. The summed E-state index contributed by atoms with van der Waals surface area (Å²) in [5, 5.41) is 9.65. The molecular weight excluding hydrogens is 202 g/mol. The van der Waals surface area contributed by atoms with Crippen LogP contribution in [0.4, 0.5) is 0 Å².